The Balaban J connectivity index is 0. The van der Waals surface area contributed by atoms with Gasteiger partial charge in [0.05, 0.1) is 0 Å². The summed E-state index contributed by atoms with van der Waals surface area (Å²) in [6.07, 6.45) is 0. The van der Waals surface area contributed by atoms with Crippen molar-refractivity contribution in [3.8, 4) is 0 Å². The molecule has 1 radical (unpaired) electrons. The molecule has 0 fully saturated rings. The van der Waals surface area contributed by atoms with Crippen molar-refractivity contribution in [3.05, 3.63) is 5.32 Å². The minimum absolute atomic E-state index is 0. The molecule has 1 nitrogen and oxygen atoms in total. The molecule has 2 heteroatoms. The fourth-order valence-electron chi connectivity index (χ4n) is 0.224. The fourth-order valence-corrected chi connectivity index (χ4v) is 0.224. The van der Waals surface area contributed by atoms with Gasteiger partial charge in [-0.1, -0.05) is 13.8 Å². The van der Waals surface area contributed by atoms with Gasteiger partial charge in [0.15, 0.2) is 0 Å². The average Bonchev–Trinajstić information content (AvgIpc) is 1.41. The Bertz CT molecular complexity index is 15.0. The smallest absolute Gasteiger partial charge is 0 e. The van der Waals surface area contributed by atoms with E-state index >= 15 is 0 Å². The van der Waals surface area contributed by atoms with Gasteiger partial charge < -0.3 is 5.32 Å². The van der Waals surface area contributed by atoms with Crippen molar-refractivity contribution in [1.29, 1.82) is 0 Å². The van der Waals surface area contributed by atoms with E-state index < -0.39 is 0 Å². The SMILES string of the molecule is CC[N-]CC.[Mn]. The van der Waals surface area contributed by atoms with Crippen molar-refractivity contribution < 1.29 is 17.1 Å². The van der Waals surface area contributed by atoms with Gasteiger partial charge in [-0.15, -0.1) is 0 Å². The predicted molar refractivity (Wildman–Crippen MR) is 24.4 cm³/mol. The largest absolute Gasteiger partial charge is 0.663 e. The third kappa shape index (κ3) is 8.82. The van der Waals surface area contributed by atoms with E-state index in [1.807, 2.05) is 13.8 Å². The molecular formula is C4H10MnN-. The molecule has 0 unspecified atom stereocenters. The van der Waals surface area contributed by atoms with E-state index in [-0.39, 0.29) is 17.1 Å². The van der Waals surface area contributed by atoms with E-state index in [0.29, 0.717) is 0 Å². The van der Waals surface area contributed by atoms with Gasteiger partial charge in [0.25, 0.3) is 0 Å². The molecule has 6 heavy (non-hydrogen) atoms. The van der Waals surface area contributed by atoms with Crippen molar-refractivity contribution >= 4 is 0 Å². The molecule has 0 N–H and O–H groups in total. The zero-order valence-electron chi connectivity index (χ0n) is 4.24. The summed E-state index contributed by atoms with van der Waals surface area (Å²) in [7, 11) is 0. The van der Waals surface area contributed by atoms with Gasteiger partial charge in [-0.3, -0.25) is 0 Å². The summed E-state index contributed by atoms with van der Waals surface area (Å²) in [5.74, 6) is 0. The normalized spacial score (nSPS) is 7.00. The maximum Gasteiger partial charge on any atom is 0 e. The van der Waals surface area contributed by atoms with Gasteiger partial charge in [0.1, 0.15) is 0 Å². The summed E-state index contributed by atoms with van der Waals surface area (Å²) in [6, 6.07) is 0. The van der Waals surface area contributed by atoms with E-state index in [2.05, 4.69) is 5.32 Å². The molecule has 0 aromatic heterocycles. The summed E-state index contributed by atoms with van der Waals surface area (Å²) < 4.78 is 0. The number of hydrogen-bond acceptors (Lipinski definition) is 0. The predicted octanol–water partition coefficient (Wildman–Crippen LogP) is 1.40. The van der Waals surface area contributed by atoms with E-state index in [4.69, 9.17) is 0 Å². The standard InChI is InChI=1S/C4H10N.Mn/c1-3-5-4-2;/h3-4H2,1-2H3;/q-1;. The zero-order valence-corrected chi connectivity index (χ0v) is 5.42. The van der Waals surface area contributed by atoms with Gasteiger partial charge >= 0.3 is 0 Å². The molecular weight excluding hydrogens is 117 g/mol. The maximum atomic E-state index is 3.97. The van der Waals surface area contributed by atoms with Crippen LogP contribution in [0.25, 0.3) is 5.32 Å². The van der Waals surface area contributed by atoms with Gasteiger partial charge in [-0.2, -0.15) is 13.1 Å². The molecule has 0 aromatic rings. The van der Waals surface area contributed by atoms with Gasteiger partial charge in [0.2, 0.25) is 0 Å². The minimum Gasteiger partial charge on any atom is -0.663 e. The molecule has 0 saturated carbocycles. The Morgan fingerprint density at radius 2 is 1.50 bits per heavy atom. The molecule has 0 aliphatic carbocycles. The molecule has 39 valence electrons. The molecule has 0 aliphatic rings. The van der Waals surface area contributed by atoms with Crippen LogP contribution in [-0.4, -0.2) is 13.1 Å². The third-order valence-corrected chi connectivity index (χ3v) is 0.447. The Labute approximate surface area is 50.0 Å². The van der Waals surface area contributed by atoms with Crippen molar-refractivity contribution in [1.82, 2.24) is 0 Å². The van der Waals surface area contributed by atoms with Crippen molar-refractivity contribution in [2.24, 2.45) is 0 Å². The zero-order chi connectivity index (χ0) is 4.12. The third-order valence-electron chi connectivity index (χ3n) is 0.447. The number of nitrogens with zero attached hydrogens (tertiary/aromatic N) is 1. The summed E-state index contributed by atoms with van der Waals surface area (Å²) in [5, 5.41) is 3.97. The maximum absolute atomic E-state index is 3.97. The van der Waals surface area contributed by atoms with Gasteiger partial charge in [0, 0.05) is 17.1 Å². The topological polar surface area (TPSA) is 14.1 Å². The van der Waals surface area contributed by atoms with Crippen molar-refractivity contribution in [2.75, 3.05) is 13.1 Å². The van der Waals surface area contributed by atoms with Gasteiger partial charge in [-0.05, 0) is 0 Å². The van der Waals surface area contributed by atoms with E-state index in [9.17, 15) is 0 Å². The van der Waals surface area contributed by atoms with Crippen LogP contribution in [0.4, 0.5) is 0 Å². The fraction of sp³-hybridized carbons (Fsp3) is 1.00. The Morgan fingerprint density at radius 3 is 1.50 bits per heavy atom. The molecule has 0 saturated heterocycles. The summed E-state index contributed by atoms with van der Waals surface area (Å²) in [5.41, 5.74) is 0. The quantitative estimate of drug-likeness (QED) is 0.498. The number of rotatable bonds is 2. The van der Waals surface area contributed by atoms with E-state index in [1.165, 1.54) is 0 Å². The van der Waals surface area contributed by atoms with Crippen molar-refractivity contribution in [3.63, 3.8) is 0 Å². The molecule has 0 aromatic carbocycles. The van der Waals surface area contributed by atoms with Crippen LogP contribution in [0.3, 0.4) is 0 Å². The summed E-state index contributed by atoms with van der Waals surface area (Å²) >= 11 is 0. The molecule has 0 bridgehead atoms. The molecule has 0 amide bonds. The van der Waals surface area contributed by atoms with Crippen LogP contribution in [0.5, 0.6) is 0 Å². The summed E-state index contributed by atoms with van der Waals surface area (Å²) in [4.78, 5) is 0. The first-order chi connectivity index (χ1) is 2.41. The first-order valence-corrected chi connectivity index (χ1v) is 2.05. The Hall–Kier alpha value is 0.479. The van der Waals surface area contributed by atoms with Crippen LogP contribution >= 0.6 is 0 Å². The number of hydrogen-bond donors (Lipinski definition) is 0. The van der Waals surface area contributed by atoms with Crippen molar-refractivity contribution in [2.45, 2.75) is 13.8 Å². The first kappa shape index (κ1) is 9.70. The van der Waals surface area contributed by atoms with Crippen LogP contribution < -0.4 is 0 Å². The molecule has 0 atom stereocenters. The second-order valence-corrected chi connectivity index (χ2v) is 0.856. The second-order valence-electron chi connectivity index (χ2n) is 0.856. The van der Waals surface area contributed by atoms with Crippen LogP contribution in [0.2, 0.25) is 0 Å². The van der Waals surface area contributed by atoms with E-state index in [1.54, 1.807) is 0 Å². The Morgan fingerprint density at radius 1 is 1.17 bits per heavy atom. The van der Waals surface area contributed by atoms with Crippen LogP contribution in [-0.2, 0) is 17.1 Å². The monoisotopic (exact) mass is 127 g/mol. The minimum atomic E-state index is 0. The van der Waals surface area contributed by atoms with Gasteiger partial charge in [-0.25, -0.2) is 0 Å². The van der Waals surface area contributed by atoms with Crippen LogP contribution in [0.1, 0.15) is 13.8 Å². The van der Waals surface area contributed by atoms with E-state index in [0.717, 1.165) is 13.1 Å². The van der Waals surface area contributed by atoms with Crippen LogP contribution in [0.15, 0.2) is 0 Å². The molecule has 0 aliphatic heterocycles. The average molecular weight is 127 g/mol. The molecule has 0 heterocycles. The Kier molecular flexibility index (Phi) is 14.7. The second kappa shape index (κ2) is 9.08. The first-order valence-electron chi connectivity index (χ1n) is 2.05. The molecule has 0 rings (SSSR count). The molecule has 0 spiro atoms. The van der Waals surface area contributed by atoms with Crippen LogP contribution in [0, 0.1) is 0 Å². The summed E-state index contributed by atoms with van der Waals surface area (Å²) in [6.45, 7) is 6.03.